The standard InChI is InChI=1S/C12H13N3/c1-8-7-9(5-6-15-8)10-3-2-4-11(13)12(10)14/h2-7H,13-14H2,1H3. The lowest BCUT2D eigenvalue weighted by molar-refractivity contribution is 1.20. The molecule has 3 heteroatoms. The summed E-state index contributed by atoms with van der Waals surface area (Å²) in [5.74, 6) is 0. The smallest absolute Gasteiger partial charge is 0.0627 e. The minimum absolute atomic E-state index is 0.613. The van der Waals surface area contributed by atoms with Crippen molar-refractivity contribution in [1.82, 2.24) is 4.98 Å². The molecule has 3 nitrogen and oxygen atoms in total. The Bertz CT molecular complexity index is 492. The monoisotopic (exact) mass is 199 g/mol. The molecule has 0 bridgehead atoms. The molecule has 0 saturated heterocycles. The van der Waals surface area contributed by atoms with Gasteiger partial charge in [-0.25, -0.2) is 0 Å². The summed E-state index contributed by atoms with van der Waals surface area (Å²) >= 11 is 0. The topological polar surface area (TPSA) is 64.9 Å². The average molecular weight is 199 g/mol. The second-order valence-electron chi connectivity index (χ2n) is 3.49. The molecule has 76 valence electrons. The van der Waals surface area contributed by atoms with Crippen molar-refractivity contribution in [3.63, 3.8) is 0 Å². The van der Waals surface area contributed by atoms with Gasteiger partial charge < -0.3 is 11.5 Å². The van der Waals surface area contributed by atoms with E-state index in [2.05, 4.69) is 4.98 Å². The number of hydrogen-bond acceptors (Lipinski definition) is 3. The van der Waals surface area contributed by atoms with E-state index in [4.69, 9.17) is 11.5 Å². The number of nitrogen functional groups attached to an aromatic ring is 2. The van der Waals surface area contributed by atoms with Crippen LogP contribution >= 0.6 is 0 Å². The fraction of sp³-hybridized carbons (Fsp3) is 0.0833. The van der Waals surface area contributed by atoms with Crippen LogP contribution in [0.15, 0.2) is 36.5 Å². The van der Waals surface area contributed by atoms with E-state index in [0.717, 1.165) is 16.8 Å². The first-order chi connectivity index (χ1) is 7.18. The Balaban J connectivity index is 2.59. The molecule has 0 saturated carbocycles. The minimum Gasteiger partial charge on any atom is -0.397 e. The molecule has 0 radical (unpaired) electrons. The van der Waals surface area contributed by atoms with Gasteiger partial charge in [0.1, 0.15) is 0 Å². The van der Waals surface area contributed by atoms with Gasteiger partial charge in [-0.1, -0.05) is 12.1 Å². The fourth-order valence-corrected chi connectivity index (χ4v) is 1.55. The Morgan fingerprint density at radius 1 is 1.13 bits per heavy atom. The predicted molar refractivity (Wildman–Crippen MR) is 63.2 cm³/mol. The van der Waals surface area contributed by atoms with Crippen LogP contribution in [0, 0.1) is 6.92 Å². The van der Waals surface area contributed by atoms with Crippen LogP contribution < -0.4 is 11.5 Å². The Labute approximate surface area is 88.8 Å². The quantitative estimate of drug-likeness (QED) is 0.692. The van der Waals surface area contributed by atoms with Crippen molar-refractivity contribution in [3.05, 3.63) is 42.2 Å². The number of rotatable bonds is 1. The second-order valence-corrected chi connectivity index (χ2v) is 3.49. The van der Waals surface area contributed by atoms with E-state index in [1.807, 2.05) is 31.2 Å². The number of benzene rings is 1. The van der Waals surface area contributed by atoms with E-state index >= 15 is 0 Å². The highest BCUT2D eigenvalue weighted by Crippen LogP contribution is 2.29. The van der Waals surface area contributed by atoms with Crippen LogP contribution in [0.25, 0.3) is 11.1 Å². The van der Waals surface area contributed by atoms with Crippen molar-refractivity contribution in [1.29, 1.82) is 0 Å². The molecule has 1 aromatic heterocycles. The van der Waals surface area contributed by atoms with Crippen molar-refractivity contribution >= 4 is 11.4 Å². The molecule has 15 heavy (non-hydrogen) atoms. The largest absolute Gasteiger partial charge is 0.397 e. The van der Waals surface area contributed by atoms with Crippen molar-refractivity contribution in [2.75, 3.05) is 11.5 Å². The molecule has 0 spiro atoms. The van der Waals surface area contributed by atoms with Crippen LogP contribution in [0.4, 0.5) is 11.4 Å². The van der Waals surface area contributed by atoms with Gasteiger partial charge in [-0.2, -0.15) is 0 Å². The van der Waals surface area contributed by atoms with Crippen LogP contribution in [0.2, 0.25) is 0 Å². The molecule has 0 aliphatic heterocycles. The molecule has 0 atom stereocenters. The molecular formula is C12H13N3. The van der Waals surface area contributed by atoms with Crippen molar-refractivity contribution in [2.24, 2.45) is 0 Å². The summed E-state index contributed by atoms with van der Waals surface area (Å²) in [6.07, 6.45) is 1.77. The molecule has 0 amide bonds. The number of anilines is 2. The summed E-state index contributed by atoms with van der Waals surface area (Å²) in [5.41, 5.74) is 15.9. The third kappa shape index (κ3) is 1.76. The van der Waals surface area contributed by atoms with Crippen LogP contribution in [-0.4, -0.2) is 4.98 Å². The highest BCUT2D eigenvalue weighted by atomic mass is 14.7. The number of aromatic nitrogens is 1. The molecule has 0 fully saturated rings. The Morgan fingerprint density at radius 3 is 2.67 bits per heavy atom. The lowest BCUT2D eigenvalue weighted by atomic mass is 10.0. The highest BCUT2D eigenvalue weighted by Gasteiger charge is 2.04. The number of aryl methyl sites for hydroxylation is 1. The molecule has 0 aliphatic carbocycles. The average Bonchev–Trinajstić information content (AvgIpc) is 2.22. The molecule has 1 heterocycles. The summed E-state index contributed by atoms with van der Waals surface area (Å²) in [7, 11) is 0. The Hall–Kier alpha value is -2.03. The van der Waals surface area contributed by atoms with E-state index in [0.29, 0.717) is 11.4 Å². The number of para-hydroxylation sites is 1. The highest BCUT2D eigenvalue weighted by molar-refractivity contribution is 5.84. The maximum atomic E-state index is 5.92. The van der Waals surface area contributed by atoms with Gasteiger partial charge >= 0.3 is 0 Å². The zero-order chi connectivity index (χ0) is 10.8. The van der Waals surface area contributed by atoms with Crippen LogP contribution in [0.3, 0.4) is 0 Å². The molecule has 4 N–H and O–H groups in total. The zero-order valence-electron chi connectivity index (χ0n) is 8.57. The summed E-state index contributed by atoms with van der Waals surface area (Å²) in [5, 5.41) is 0. The first-order valence-electron chi connectivity index (χ1n) is 4.75. The van der Waals surface area contributed by atoms with Crippen LogP contribution in [0.1, 0.15) is 5.69 Å². The van der Waals surface area contributed by atoms with Gasteiger partial charge in [-0.15, -0.1) is 0 Å². The van der Waals surface area contributed by atoms with Crippen LogP contribution in [-0.2, 0) is 0 Å². The lowest BCUT2D eigenvalue weighted by Crippen LogP contribution is -1.97. The first kappa shape index (κ1) is 9.52. The number of hydrogen-bond donors (Lipinski definition) is 2. The molecular weight excluding hydrogens is 186 g/mol. The van der Waals surface area contributed by atoms with E-state index in [1.165, 1.54) is 0 Å². The third-order valence-electron chi connectivity index (χ3n) is 2.35. The molecule has 1 aromatic carbocycles. The minimum atomic E-state index is 0.613. The summed E-state index contributed by atoms with van der Waals surface area (Å²) < 4.78 is 0. The van der Waals surface area contributed by atoms with Gasteiger partial charge in [0.05, 0.1) is 11.4 Å². The maximum absolute atomic E-state index is 5.92. The molecule has 2 rings (SSSR count). The van der Waals surface area contributed by atoms with Gasteiger partial charge in [-0.05, 0) is 30.7 Å². The van der Waals surface area contributed by atoms with Crippen molar-refractivity contribution < 1.29 is 0 Å². The van der Waals surface area contributed by atoms with E-state index in [1.54, 1.807) is 12.3 Å². The van der Waals surface area contributed by atoms with Gasteiger partial charge in [-0.3, -0.25) is 4.98 Å². The normalized spacial score (nSPS) is 10.2. The molecule has 2 aromatic rings. The summed E-state index contributed by atoms with van der Waals surface area (Å²) in [4.78, 5) is 4.15. The maximum Gasteiger partial charge on any atom is 0.0627 e. The second kappa shape index (κ2) is 3.61. The van der Waals surface area contributed by atoms with Gasteiger partial charge in [0.25, 0.3) is 0 Å². The van der Waals surface area contributed by atoms with Gasteiger partial charge in [0.2, 0.25) is 0 Å². The lowest BCUT2D eigenvalue weighted by Gasteiger charge is -2.08. The fourth-order valence-electron chi connectivity index (χ4n) is 1.55. The van der Waals surface area contributed by atoms with E-state index in [9.17, 15) is 0 Å². The van der Waals surface area contributed by atoms with Gasteiger partial charge in [0.15, 0.2) is 0 Å². The summed E-state index contributed by atoms with van der Waals surface area (Å²) in [6.45, 7) is 1.95. The Kier molecular flexibility index (Phi) is 2.29. The molecule has 0 aliphatic rings. The number of nitrogens with two attached hydrogens (primary N) is 2. The molecule has 0 unspecified atom stereocenters. The first-order valence-corrected chi connectivity index (χ1v) is 4.75. The number of pyridine rings is 1. The SMILES string of the molecule is Cc1cc(-c2cccc(N)c2N)ccn1. The van der Waals surface area contributed by atoms with Crippen molar-refractivity contribution in [3.8, 4) is 11.1 Å². The van der Waals surface area contributed by atoms with E-state index in [-0.39, 0.29) is 0 Å². The Morgan fingerprint density at radius 2 is 1.93 bits per heavy atom. The van der Waals surface area contributed by atoms with Gasteiger partial charge in [0, 0.05) is 17.5 Å². The van der Waals surface area contributed by atoms with Crippen LogP contribution in [0.5, 0.6) is 0 Å². The summed E-state index contributed by atoms with van der Waals surface area (Å²) in [6, 6.07) is 9.58. The zero-order valence-corrected chi connectivity index (χ0v) is 8.57. The predicted octanol–water partition coefficient (Wildman–Crippen LogP) is 2.22. The number of nitrogens with zero attached hydrogens (tertiary/aromatic N) is 1. The van der Waals surface area contributed by atoms with Crippen molar-refractivity contribution in [2.45, 2.75) is 6.92 Å². The third-order valence-corrected chi connectivity index (χ3v) is 2.35. The van der Waals surface area contributed by atoms with E-state index < -0.39 is 0 Å².